The number of halogens is 1. The molecule has 0 aliphatic heterocycles. The molecule has 0 heterocycles. The number of allylic oxidation sites excluding steroid dienone is 1. The van der Waals surface area contributed by atoms with Crippen LogP contribution in [0.4, 0.5) is 4.39 Å². The van der Waals surface area contributed by atoms with Crippen LogP contribution < -0.4 is 14.8 Å². The summed E-state index contributed by atoms with van der Waals surface area (Å²) in [5, 5.41) is 3.35. The summed E-state index contributed by atoms with van der Waals surface area (Å²) in [5.41, 5.74) is 3.18. The van der Waals surface area contributed by atoms with Crippen molar-refractivity contribution >= 4 is 0 Å². The van der Waals surface area contributed by atoms with Crippen molar-refractivity contribution in [2.45, 2.75) is 19.5 Å². The van der Waals surface area contributed by atoms with Crippen LogP contribution in [0.5, 0.6) is 11.5 Å². The monoisotopic (exact) mass is 315 g/mol. The number of ether oxygens (including phenoxy) is 2. The van der Waals surface area contributed by atoms with Gasteiger partial charge >= 0.3 is 0 Å². The topological polar surface area (TPSA) is 30.5 Å². The molecule has 0 atom stereocenters. The fraction of sp³-hybridized carbons (Fsp3) is 0.263. The van der Waals surface area contributed by atoms with Crippen LogP contribution in [0.1, 0.15) is 16.7 Å². The predicted molar refractivity (Wildman–Crippen MR) is 90.4 cm³/mol. The molecule has 0 amide bonds. The van der Waals surface area contributed by atoms with E-state index in [1.54, 1.807) is 26.4 Å². The fourth-order valence-electron chi connectivity index (χ4n) is 2.47. The van der Waals surface area contributed by atoms with Gasteiger partial charge in [-0.15, -0.1) is 6.58 Å². The van der Waals surface area contributed by atoms with Gasteiger partial charge in [0, 0.05) is 18.7 Å². The smallest absolute Gasteiger partial charge is 0.164 e. The number of nitrogens with one attached hydrogen (secondary N) is 1. The number of hydrogen-bond acceptors (Lipinski definition) is 3. The Morgan fingerprint density at radius 2 is 1.74 bits per heavy atom. The summed E-state index contributed by atoms with van der Waals surface area (Å²) in [5.74, 6) is 1.24. The first kappa shape index (κ1) is 17.0. The number of hydrogen-bond donors (Lipinski definition) is 1. The van der Waals surface area contributed by atoms with Gasteiger partial charge in [-0.05, 0) is 35.7 Å². The first-order valence-corrected chi connectivity index (χ1v) is 7.47. The van der Waals surface area contributed by atoms with Gasteiger partial charge in [-0.1, -0.05) is 24.3 Å². The molecule has 2 aromatic carbocycles. The van der Waals surface area contributed by atoms with Crippen LogP contribution in [0.15, 0.2) is 49.1 Å². The minimum Gasteiger partial charge on any atom is -0.493 e. The van der Waals surface area contributed by atoms with Gasteiger partial charge in [-0.2, -0.15) is 0 Å². The first-order valence-electron chi connectivity index (χ1n) is 7.47. The highest BCUT2D eigenvalue weighted by Crippen LogP contribution is 2.33. The molecule has 2 aromatic rings. The summed E-state index contributed by atoms with van der Waals surface area (Å²) in [6.45, 7) is 5.14. The molecular weight excluding hydrogens is 293 g/mol. The minimum atomic E-state index is -0.220. The second-order valence-corrected chi connectivity index (χ2v) is 5.21. The fourth-order valence-corrected chi connectivity index (χ4v) is 2.47. The summed E-state index contributed by atoms with van der Waals surface area (Å²) in [4.78, 5) is 0. The van der Waals surface area contributed by atoms with Crippen molar-refractivity contribution in [2.24, 2.45) is 0 Å². The molecule has 0 aliphatic rings. The standard InChI is InChI=1S/C19H22FNO2/c1-4-5-16-10-15(11-18(22-2)19(16)23-3)13-21-12-14-6-8-17(20)9-7-14/h4,6-11,21H,1,5,12-13H2,2-3H3. The van der Waals surface area contributed by atoms with E-state index in [0.29, 0.717) is 25.3 Å². The molecule has 23 heavy (non-hydrogen) atoms. The first-order chi connectivity index (χ1) is 11.2. The minimum absolute atomic E-state index is 0.220. The van der Waals surface area contributed by atoms with Crippen molar-refractivity contribution in [3.8, 4) is 11.5 Å². The van der Waals surface area contributed by atoms with Crippen LogP contribution in [0, 0.1) is 5.82 Å². The van der Waals surface area contributed by atoms with E-state index in [1.807, 2.05) is 12.1 Å². The van der Waals surface area contributed by atoms with Crippen LogP contribution in [0.3, 0.4) is 0 Å². The highest BCUT2D eigenvalue weighted by Gasteiger charge is 2.11. The Kier molecular flexibility index (Phi) is 6.18. The third-order valence-electron chi connectivity index (χ3n) is 3.55. The zero-order valence-corrected chi connectivity index (χ0v) is 13.6. The molecule has 0 fully saturated rings. The van der Waals surface area contributed by atoms with Gasteiger partial charge in [0.1, 0.15) is 5.82 Å². The molecule has 122 valence electrons. The largest absolute Gasteiger partial charge is 0.493 e. The van der Waals surface area contributed by atoms with Gasteiger partial charge < -0.3 is 14.8 Å². The van der Waals surface area contributed by atoms with Crippen LogP contribution in [0.25, 0.3) is 0 Å². The Balaban J connectivity index is 2.08. The molecular formula is C19H22FNO2. The molecule has 0 radical (unpaired) electrons. The lowest BCUT2D eigenvalue weighted by Gasteiger charge is -2.15. The van der Waals surface area contributed by atoms with E-state index in [1.165, 1.54) is 12.1 Å². The van der Waals surface area contributed by atoms with E-state index in [-0.39, 0.29) is 5.82 Å². The Morgan fingerprint density at radius 3 is 2.35 bits per heavy atom. The maximum atomic E-state index is 12.9. The number of methoxy groups -OCH3 is 2. The quantitative estimate of drug-likeness (QED) is 0.750. The molecule has 0 bridgehead atoms. The Bertz CT molecular complexity index is 653. The van der Waals surface area contributed by atoms with Crippen LogP contribution >= 0.6 is 0 Å². The van der Waals surface area contributed by atoms with Crippen LogP contribution in [-0.4, -0.2) is 14.2 Å². The van der Waals surface area contributed by atoms with Crippen molar-refractivity contribution in [3.63, 3.8) is 0 Å². The Hall–Kier alpha value is -2.33. The molecule has 2 rings (SSSR count). The van der Waals surface area contributed by atoms with Crippen molar-refractivity contribution in [1.82, 2.24) is 5.32 Å². The summed E-state index contributed by atoms with van der Waals surface area (Å²) in [6.07, 6.45) is 2.55. The Morgan fingerprint density at radius 1 is 1.04 bits per heavy atom. The highest BCUT2D eigenvalue weighted by molar-refractivity contribution is 5.50. The maximum absolute atomic E-state index is 12.9. The molecule has 0 aliphatic carbocycles. The number of rotatable bonds is 8. The van der Waals surface area contributed by atoms with Crippen molar-refractivity contribution < 1.29 is 13.9 Å². The summed E-state index contributed by atoms with van der Waals surface area (Å²) in [6, 6.07) is 10.5. The van der Waals surface area contributed by atoms with Gasteiger partial charge in [0.25, 0.3) is 0 Å². The van der Waals surface area contributed by atoms with Gasteiger partial charge in [-0.25, -0.2) is 4.39 Å². The molecule has 0 saturated heterocycles. The summed E-state index contributed by atoms with van der Waals surface area (Å²) < 4.78 is 23.7. The van der Waals surface area contributed by atoms with Crippen molar-refractivity contribution in [2.75, 3.05) is 14.2 Å². The zero-order valence-electron chi connectivity index (χ0n) is 13.6. The van der Waals surface area contributed by atoms with Crippen LogP contribution in [0.2, 0.25) is 0 Å². The average Bonchev–Trinajstić information content (AvgIpc) is 2.56. The lowest BCUT2D eigenvalue weighted by Crippen LogP contribution is -2.13. The maximum Gasteiger partial charge on any atom is 0.164 e. The second kappa shape index (κ2) is 8.34. The summed E-state index contributed by atoms with van der Waals surface area (Å²) in [7, 11) is 3.27. The van der Waals surface area contributed by atoms with Gasteiger partial charge in [0.05, 0.1) is 14.2 Å². The summed E-state index contributed by atoms with van der Waals surface area (Å²) >= 11 is 0. The molecule has 3 nitrogen and oxygen atoms in total. The molecule has 4 heteroatoms. The molecule has 0 unspecified atom stereocenters. The van der Waals surface area contributed by atoms with Gasteiger partial charge in [-0.3, -0.25) is 0 Å². The lowest BCUT2D eigenvalue weighted by atomic mass is 10.1. The van der Waals surface area contributed by atoms with Crippen molar-refractivity contribution in [1.29, 1.82) is 0 Å². The van der Waals surface area contributed by atoms with Gasteiger partial charge in [0.2, 0.25) is 0 Å². The molecule has 0 spiro atoms. The van der Waals surface area contributed by atoms with E-state index in [9.17, 15) is 4.39 Å². The van der Waals surface area contributed by atoms with E-state index in [2.05, 4.69) is 18.0 Å². The highest BCUT2D eigenvalue weighted by atomic mass is 19.1. The number of benzene rings is 2. The second-order valence-electron chi connectivity index (χ2n) is 5.21. The lowest BCUT2D eigenvalue weighted by molar-refractivity contribution is 0.351. The molecule has 1 N–H and O–H groups in total. The van der Waals surface area contributed by atoms with Gasteiger partial charge in [0.15, 0.2) is 11.5 Å². The Labute approximate surface area is 136 Å². The predicted octanol–water partition coefficient (Wildman–Crippen LogP) is 3.86. The SMILES string of the molecule is C=CCc1cc(CNCc2ccc(F)cc2)cc(OC)c1OC. The molecule has 0 saturated carbocycles. The zero-order chi connectivity index (χ0) is 16.7. The average molecular weight is 315 g/mol. The van der Waals surface area contributed by atoms with Crippen LogP contribution in [-0.2, 0) is 19.5 Å². The normalized spacial score (nSPS) is 10.4. The van der Waals surface area contributed by atoms with E-state index in [4.69, 9.17) is 9.47 Å². The van der Waals surface area contributed by atoms with E-state index < -0.39 is 0 Å². The third-order valence-corrected chi connectivity index (χ3v) is 3.55. The third kappa shape index (κ3) is 4.57. The van der Waals surface area contributed by atoms with E-state index in [0.717, 1.165) is 22.4 Å². The molecule has 0 aromatic heterocycles. The van der Waals surface area contributed by atoms with E-state index >= 15 is 0 Å². The van der Waals surface area contributed by atoms with Crippen molar-refractivity contribution in [3.05, 3.63) is 71.6 Å².